The highest BCUT2D eigenvalue weighted by Gasteiger charge is 2.15. The fourth-order valence-corrected chi connectivity index (χ4v) is 1.78. The van der Waals surface area contributed by atoms with Crippen molar-refractivity contribution >= 4 is 17.7 Å². The number of nitrogens with zero attached hydrogens (tertiary/aromatic N) is 1. The molecule has 0 bridgehead atoms. The van der Waals surface area contributed by atoms with Crippen LogP contribution in [0.3, 0.4) is 0 Å². The van der Waals surface area contributed by atoms with Gasteiger partial charge in [-0.15, -0.1) is 0 Å². The van der Waals surface area contributed by atoms with Crippen LogP contribution in [-0.2, 0) is 11.2 Å². The number of anilines is 1. The Hall–Kier alpha value is -2.04. The summed E-state index contributed by atoms with van der Waals surface area (Å²) in [6.45, 7) is 4.01. The van der Waals surface area contributed by atoms with E-state index in [1.54, 1.807) is 18.0 Å². The number of urea groups is 1. The number of benzene rings is 1. The molecule has 20 heavy (non-hydrogen) atoms. The third kappa shape index (κ3) is 4.57. The summed E-state index contributed by atoms with van der Waals surface area (Å²) in [7, 11) is 1.75. The molecule has 5 heteroatoms. The molecule has 1 unspecified atom stereocenters. The average molecular weight is 278 g/mol. The third-order valence-electron chi connectivity index (χ3n) is 3.44. The van der Waals surface area contributed by atoms with Crippen molar-refractivity contribution in [1.82, 2.24) is 4.90 Å². The van der Waals surface area contributed by atoms with Gasteiger partial charge in [0.15, 0.2) is 0 Å². The number of aryl methyl sites for hydroxylation is 1. The summed E-state index contributed by atoms with van der Waals surface area (Å²) < 4.78 is 0. The van der Waals surface area contributed by atoms with Gasteiger partial charge in [0.2, 0.25) is 0 Å². The highest BCUT2D eigenvalue weighted by atomic mass is 16.4. The fourth-order valence-electron chi connectivity index (χ4n) is 1.78. The van der Waals surface area contributed by atoms with E-state index in [2.05, 4.69) is 5.32 Å². The number of hydrogen-bond donors (Lipinski definition) is 2. The molecular formula is C15H22N2O3. The van der Waals surface area contributed by atoms with Crippen molar-refractivity contribution in [3.63, 3.8) is 0 Å². The molecule has 1 aromatic carbocycles. The zero-order valence-corrected chi connectivity index (χ0v) is 12.2. The SMILES string of the molecule is CCC(C)N(C)C(=O)Nc1ccccc1CCC(=O)O. The zero-order chi connectivity index (χ0) is 15.1. The third-order valence-corrected chi connectivity index (χ3v) is 3.44. The number of carboxylic acid groups (broad SMARTS) is 1. The van der Waals surface area contributed by atoms with Crippen LogP contribution in [0.1, 0.15) is 32.3 Å². The molecule has 0 saturated carbocycles. The smallest absolute Gasteiger partial charge is 0.321 e. The predicted octanol–water partition coefficient (Wildman–Crippen LogP) is 2.97. The molecule has 1 atom stereocenters. The highest BCUT2D eigenvalue weighted by molar-refractivity contribution is 5.90. The van der Waals surface area contributed by atoms with E-state index in [9.17, 15) is 9.59 Å². The molecule has 110 valence electrons. The number of hydrogen-bond acceptors (Lipinski definition) is 2. The van der Waals surface area contributed by atoms with Gasteiger partial charge in [0.25, 0.3) is 0 Å². The van der Waals surface area contributed by atoms with Crippen LogP contribution in [0.2, 0.25) is 0 Å². The second kappa shape index (κ2) is 7.53. The summed E-state index contributed by atoms with van der Waals surface area (Å²) in [5, 5.41) is 11.6. The minimum atomic E-state index is -0.845. The molecule has 2 amide bonds. The van der Waals surface area contributed by atoms with Crippen molar-refractivity contribution in [3.8, 4) is 0 Å². The van der Waals surface area contributed by atoms with Crippen molar-refractivity contribution in [2.45, 2.75) is 39.2 Å². The van der Waals surface area contributed by atoms with Gasteiger partial charge in [-0.1, -0.05) is 25.1 Å². The van der Waals surface area contributed by atoms with Crippen LogP contribution in [0, 0.1) is 0 Å². The van der Waals surface area contributed by atoms with E-state index in [1.165, 1.54) is 0 Å². The maximum Gasteiger partial charge on any atom is 0.321 e. The second-order valence-corrected chi connectivity index (χ2v) is 4.85. The van der Waals surface area contributed by atoms with Crippen molar-refractivity contribution in [2.24, 2.45) is 0 Å². The molecular weight excluding hydrogens is 256 g/mol. The number of carbonyl (C=O) groups excluding carboxylic acids is 1. The maximum atomic E-state index is 12.1. The molecule has 0 aliphatic rings. The first-order valence-electron chi connectivity index (χ1n) is 6.79. The molecule has 0 aliphatic heterocycles. The number of carboxylic acids is 1. The largest absolute Gasteiger partial charge is 0.481 e. The van der Waals surface area contributed by atoms with Gasteiger partial charge in [-0.2, -0.15) is 0 Å². The van der Waals surface area contributed by atoms with Gasteiger partial charge in [-0.3, -0.25) is 4.79 Å². The van der Waals surface area contributed by atoms with Crippen molar-refractivity contribution in [3.05, 3.63) is 29.8 Å². The number of carbonyl (C=O) groups is 2. The summed E-state index contributed by atoms with van der Waals surface area (Å²) in [6, 6.07) is 7.26. The lowest BCUT2D eigenvalue weighted by Gasteiger charge is -2.24. The fraction of sp³-hybridized carbons (Fsp3) is 0.467. The molecule has 5 nitrogen and oxygen atoms in total. The van der Waals surface area contributed by atoms with E-state index in [4.69, 9.17) is 5.11 Å². The standard InChI is InChI=1S/C15H22N2O3/c1-4-11(2)17(3)15(20)16-13-8-6-5-7-12(13)9-10-14(18)19/h5-8,11H,4,9-10H2,1-3H3,(H,16,20)(H,18,19). The molecule has 1 aromatic rings. The first-order valence-corrected chi connectivity index (χ1v) is 6.79. The lowest BCUT2D eigenvalue weighted by molar-refractivity contribution is -0.136. The Labute approximate surface area is 119 Å². The first-order chi connectivity index (χ1) is 9.45. The summed E-state index contributed by atoms with van der Waals surface area (Å²) in [5.41, 5.74) is 1.51. The summed E-state index contributed by atoms with van der Waals surface area (Å²) in [6.07, 6.45) is 1.33. The van der Waals surface area contributed by atoms with E-state index >= 15 is 0 Å². The van der Waals surface area contributed by atoms with E-state index in [-0.39, 0.29) is 18.5 Å². The van der Waals surface area contributed by atoms with Gasteiger partial charge in [-0.05, 0) is 31.4 Å². The quantitative estimate of drug-likeness (QED) is 0.840. The minimum absolute atomic E-state index is 0.0497. The van der Waals surface area contributed by atoms with Crippen LogP contribution < -0.4 is 5.32 Å². The normalized spacial score (nSPS) is 11.8. The van der Waals surface area contributed by atoms with E-state index in [0.29, 0.717) is 12.1 Å². The van der Waals surface area contributed by atoms with Crippen LogP contribution in [0.4, 0.5) is 10.5 Å². The summed E-state index contributed by atoms with van der Waals surface area (Å²) in [4.78, 5) is 24.4. The van der Waals surface area contributed by atoms with Crippen LogP contribution in [-0.4, -0.2) is 35.1 Å². The molecule has 0 spiro atoms. The number of nitrogens with one attached hydrogen (secondary N) is 1. The van der Waals surface area contributed by atoms with Gasteiger partial charge in [0.05, 0.1) is 0 Å². The average Bonchev–Trinajstić information content (AvgIpc) is 2.44. The zero-order valence-electron chi connectivity index (χ0n) is 12.2. The summed E-state index contributed by atoms with van der Waals surface area (Å²) in [5.74, 6) is -0.845. The molecule has 0 heterocycles. The number of rotatable bonds is 6. The Balaban J connectivity index is 2.76. The monoisotopic (exact) mass is 278 g/mol. The first kappa shape index (κ1) is 16.0. The Kier molecular flexibility index (Phi) is 6.03. The Bertz CT molecular complexity index is 474. The highest BCUT2D eigenvalue weighted by Crippen LogP contribution is 2.18. The van der Waals surface area contributed by atoms with Gasteiger partial charge in [0, 0.05) is 25.2 Å². The molecule has 0 saturated heterocycles. The number of amides is 2. The van der Waals surface area contributed by atoms with E-state index < -0.39 is 5.97 Å². The van der Waals surface area contributed by atoms with Crippen molar-refractivity contribution in [1.29, 1.82) is 0 Å². The maximum absolute atomic E-state index is 12.1. The molecule has 1 rings (SSSR count). The van der Waals surface area contributed by atoms with Gasteiger partial charge in [-0.25, -0.2) is 4.79 Å². The van der Waals surface area contributed by atoms with Crippen LogP contribution in [0.15, 0.2) is 24.3 Å². The van der Waals surface area contributed by atoms with Crippen LogP contribution >= 0.6 is 0 Å². The lowest BCUT2D eigenvalue weighted by atomic mass is 10.1. The van der Waals surface area contributed by atoms with Gasteiger partial charge in [0.1, 0.15) is 0 Å². The number of para-hydroxylation sites is 1. The second-order valence-electron chi connectivity index (χ2n) is 4.85. The minimum Gasteiger partial charge on any atom is -0.481 e. The van der Waals surface area contributed by atoms with Gasteiger partial charge < -0.3 is 15.3 Å². The van der Waals surface area contributed by atoms with Gasteiger partial charge >= 0.3 is 12.0 Å². The molecule has 2 N–H and O–H groups in total. The Morgan fingerprint density at radius 3 is 2.60 bits per heavy atom. The van der Waals surface area contributed by atoms with Crippen LogP contribution in [0.25, 0.3) is 0 Å². The van der Waals surface area contributed by atoms with E-state index in [1.807, 2.05) is 32.0 Å². The molecule has 0 radical (unpaired) electrons. The van der Waals surface area contributed by atoms with E-state index in [0.717, 1.165) is 12.0 Å². The van der Waals surface area contributed by atoms with Crippen molar-refractivity contribution < 1.29 is 14.7 Å². The Morgan fingerprint density at radius 2 is 2.00 bits per heavy atom. The van der Waals surface area contributed by atoms with Crippen LogP contribution in [0.5, 0.6) is 0 Å². The molecule has 0 fully saturated rings. The summed E-state index contributed by atoms with van der Waals surface area (Å²) >= 11 is 0. The molecule has 0 aliphatic carbocycles. The molecule has 0 aromatic heterocycles. The predicted molar refractivity (Wildman–Crippen MR) is 78.9 cm³/mol. The van der Waals surface area contributed by atoms with Crippen molar-refractivity contribution in [2.75, 3.05) is 12.4 Å². The topological polar surface area (TPSA) is 69.6 Å². The number of aliphatic carboxylic acids is 1. The lowest BCUT2D eigenvalue weighted by Crippen LogP contribution is -2.38. The Morgan fingerprint density at radius 1 is 1.35 bits per heavy atom.